The lowest BCUT2D eigenvalue weighted by atomic mass is 10.1. The highest BCUT2D eigenvalue weighted by Crippen LogP contribution is 2.17. The van der Waals surface area contributed by atoms with Crippen molar-refractivity contribution < 1.29 is 4.79 Å². The monoisotopic (exact) mass is 400 g/mol. The van der Waals surface area contributed by atoms with Crippen molar-refractivity contribution >= 4 is 34.5 Å². The predicted molar refractivity (Wildman–Crippen MR) is 110 cm³/mol. The molecular weight excluding hydrogens is 380 g/mol. The Kier molecular flexibility index (Phi) is 6.55. The van der Waals surface area contributed by atoms with E-state index in [0.717, 1.165) is 18.0 Å². The van der Waals surface area contributed by atoms with Crippen molar-refractivity contribution in [3.05, 3.63) is 74.7 Å². The van der Waals surface area contributed by atoms with Crippen molar-refractivity contribution in [3.8, 4) is 0 Å². The topological polar surface area (TPSA) is 58.1 Å². The zero-order valence-electron chi connectivity index (χ0n) is 15.3. The maximum atomic E-state index is 12.3. The summed E-state index contributed by atoms with van der Waals surface area (Å²) in [6, 6.07) is 15.6. The first-order chi connectivity index (χ1) is 13.0. The van der Waals surface area contributed by atoms with E-state index in [1.54, 1.807) is 24.3 Å². The normalized spacial score (nSPS) is 11.0. The number of carbonyl (C=O) groups is 1. The summed E-state index contributed by atoms with van der Waals surface area (Å²) in [5, 5.41) is 12.7. The third kappa shape index (κ3) is 5.60. The fourth-order valence-electron chi connectivity index (χ4n) is 2.61. The van der Waals surface area contributed by atoms with Crippen molar-refractivity contribution in [1.82, 2.24) is 15.1 Å². The second-order valence-electron chi connectivity index (χ2n) is 6.30. The number of carbonyl (C=O) groups excluding carboxylic acids is 1. The van der Waals surface area contributed by atoms with Gasteiger partial charge in [0.1, 0.15) is 5.01 Å². The van der Waals surface area contributed by atoms with E-state index in [-0.39, 0.29) is 5.91 Å². The van der Waals surface area contributed by atoms with Gasteiger partial charge in [-0.2, -0.15) is 0 Å². The molecule has 2 aromatic carbocycles. The molecule has 7 heteroatoms. The number of nitrogens with zero attached hydrogens (tertiary/aromatic N) is 3. The first-order valence-electron chi connectivity index (χ1n) is 8.69. The molecule has 0 aliphatic heterocycles. The van der Waals surface area contributed by atoms with Gasteiger partial charge in [0.05, 0.1) is 6.54 Å². The van der Waals surface area contributed by atoms with E-state index in [4.69, 9.17) is 11.6 Å². The molecule has 1 N–H and O–H groups in total. The molecule has 3 rings (SSSR count). The van der Waals surface area contributed by atoms with Crippen molar-refractivity contribution in [2.45, 2.75) is 26.4 Å². The lowest BCUT2D eigenvalue weighted by Crippen LogP contribution is -2.17. The van der Waals surface area contributed by atoms with Crippen molar-refractivity contribution in [2.24, 2.45) is 0 Å². The first-order valence-corrected chi connectivity index (χ1v) is 9.88. The largest absolute Gasteiger partial charge is 0.320 e. The van der Waals surface area contributed by atoms with Gasteiger partial charge in [-0.15, -0.1) is 10.2 Å². The number of anilines is 1. The Balaban J connectivity index is 1.56. The predicted octanol–water partition coefficient (Wildman–Crippen LogP) is 4.64. The number of halogens is 1. The number of aromatic nitrogens is 2. The summed E-state index contributed by atoms with van der Waals surface area (Å²) in [5.41, 5.74) is 3.26. The molecule has 0 radical (unpaired) electrons. The van der Waals surface area contributed by atoms with Gasteiger partial charge in [-0.1, -0.05) is 54.1 Å². The van der Waals surface area contributed by atoms with E-state index < -0.39 is 0 Å². The molecule has 0 fully saturated rings. The van der Waals surface area contributed by atoms with E-state index in [1.165, 1.54) is 22.5 Å². The van der Waals surface area contributed by atoms with Crippen LogP contribution >= 0.6 is 22.9 Å². The fourth-order valence-corrected chi connectivity index (χ4v) is 3.55. The van der Waals surface area contributed by atoms with E-state index in [2.05, 4.69) is 51.6 Å². The summed E-state index contributed by atoms with van der Waals surface area (Å²) in [5.74, 6) is -0.265. The van der Waals surface area contributed by atoms with Gasteiger partial charge in [-0.05, 0) is 48.9 Å². The van der Waals surface area contributed by atoms with Crippen molar-refractivity contribution in [2.75, 3.05) is 12.4 Å². The molecule has 27 heavy (non-hydrogen) atoms. The molecule has 0 atom stereocenters. The maximum Gasteiger partial charge on any atom is 0.286 e. The summed E-state index contributed by atoms with van der Waals surface area (Å²) >= 11 is 7.16. The van der Waals surface area contributed by atoms with Gasteiger partial charge in [0.2, 0.25) is 5.01 Å². The van der Waals surface area contributed by atoms with Gasteiger partial charge in [-0.3, -0.25) is 9.69 Å². The number of amides is 1. The van der Waals surface area contributed by atoms with Crippen LogP contribution in [0.15, 0.2) is 48.5 Å². The second kappa shape index (κ2) is 9.08. The van der Waals surface area contributed by atoms with Crippen LogP contribution in [-0.4, -0.2) is 28.1 Å². The first kappa shape index (κ1) is 19.5. The minimum Gasteiger partial charge on any atom is -0.320 e. The quantitative estimate of drug-likeness (QED) is 0.627. The van der Waals surface area contributed by atoms with Gasteiger partial charge in [-0.25, -0.2) is 0 Å². The lowest BCUT2D eigenvalue weighted by Gasteiger charge is -2.14. The average molecular weight is 401 g/mol. The third-order valence-corrected chi connectivity index (χ3v) is 5.21. The van der Waals surface area contributed by atoms with Crippen LogP contribution in [0.3, 0.4) is 0 Å². The zero-order chi connectivity index (χ0) is 19.2. The second-order valence-corrected chi connectivity index (χ2v) is 7.80. The van der Waals surface area contributed by atoms with Gasteiger partial charge < -0.3 is 5.32 Å². The minimum atomic E-state index is -0.265. The Morgan fingerprint density at radius 2 is 1.70 bits per heavy atom. The Labute approximate surface area is 168 Å². The Morgan fingerprint density at radius 3 is 2.37 bits per heavy atom. The summed E-state index contributed by atoms with van der Waals surface area (Å²) in [4.78, 5) is 14.5. The summed E-state index contributed by atoms with van der Waals surface area (Å²) in [6.45, 7) is 3.61. The maximum absolute atomic E-state index is 12.3. The highest BCUT2D eigenvalue weighted by Gasteiger charge is 2.14. The average Bonchev–Trinajstić information content (AvgIpc) is 3.12. The number of hydrogen-bond donors (Lipinski definition) is 1. The van der Waals surface area contributed by atoms with Gasteiger partial charge in [0.15, 0.2) is 0 Å². The highest BCUT2D eigenvalue weighted by atomic mass is 35.5. The molecule has 3 aromatic rings. The minimum absolute atomic E-state index is 0.265. The van der Waals surface area contributed by atoms with Gasteiger partial charge >= 0.3 is 0 Å². The standard InChI is InChI=1S/C20H21ClN4OS/c1-3-14-4-6-15(7-5-14)12-25(2)13-18-23-24-20(27-18)19(26)22-17-10-8-16(21)9-11-17/h4-11H,3,12-13H2,1-2H3,(H,22,26). The van der Waals surface area contributed by atoms with Gasteiger partial charge in [0, 0.05) is 17.3 Å². The van der Waals surface area contributed by atoms with E-state index >= 15 is 0 Å². The van der Waals surface area contributed by atoms with Crippen LogP contribution in [0.25, 0.3) is 0 Å². The van der Waals surface area contributed by atoms with E-state index in [0.29, 0.717) is 22.3 Å². The number of hydrogen-bond acceptors (Lipinski definition) is 5. The van der Waals surface area contributed by atoms with E-state index in [1.807, 2.05) is 7.05 Å². The zero-order valence-corrected chi connectivity index (χ0v) is 16.8. The fraction of sp³-hybridized carbons (Fsp3) is 0.250. The van der Waals surface area contributed by atoms with E-state index in [9.17, 15) is 4.79 Å². The molecule has 0 bridgehead atoms. The van der Waals surface area contributed by atoms with Crippen LogP contribution in [0.1, 0.15) is 32.9 Å². The van der Waals surface area contributed by atoms with Crippen molar-refractivity contribution in [1.29, 1.82) is 0 Å². The van der Waals surface area contributed by atoms with Crippen LogP contribution in [0.2, 0.25) is 5.02 Å². The number of benzene rings is 2. The number of nitrogens with one attached hydrogen (secondary N) is 1. The van der Waals surface area contributed by atoms with Crippen LogP contribution in [-0.2, 0) is 19.5 Å². The molecule has 0 aliphatic carbocycles. The summed E-state index contributed by atoms with van der Waals surface area (Å²) < 4.78 is 0. The van der Waals surface area contributed by atoms with Crippen LogP contribution in [0.4, 0.5) is 5.69 Å². The Hall–Kier alpha value is -2.28. The molecule has 1 aromatic heterocycles. The van der Waals surface area contributed by atoms with Crippen molar-refractivity contribution in [3.63, 3.8) is 0 Å². The molecule has 0 unspecified atom stereocenters. The molecule has 0 spiro atoms. The lowest BCUT2D eigenvalue weighted by molar-refractivity contribution is 0.102. The molecule has 0 saturated carbocycles. The Bertz CT molecular complexity index is 893. The molecule has 0 saturated heterocycles. The smallest absolute Gasteiger partial charge is 0.286 e. The van der Waals surface area contributed by atoms with Gasteiger partial charge in [0.25, 0.3) is 5.91 Å². The third-order valence-electron chi connectivity index (χ3n) is 4.05. The highest BCUT2D eigenvalue weighted by molar-refractivity contribution is 7.13. The molecule has 1 heterocycles. The number of rotatable bonds is 7. The molecule has 5 nitrogen and oxygen atoms in total. The molecule has 1 amide bonds. The SMILES string of the molecule is CCc1ccc(CN(C)Cc2nnc(C(=O)Nc3ccc(Cl)cc3)s2)cc1. The van der Waals surface area contributed by atoms with Crippen LogP contribution in [0.5, 0.6) is 0 Å². The van der Waals surface area contributed by atoms with Crippen LogP contribution in [0, 0.1) is 0 Å². The summed E-state index contributed by atoms with van der Waals surface area (Å²) in [7, 11) is 2.03. The molecular formula is C20H21ClN4OS. The molecule has 140 valence electrons. The van der Waals surface area contributed by atoms with Crippen LogP contribution < -0.4 is 5.32 Å². The number of aryl methyl sites for hydroxylation is 1. The Morgan fingerprint density at radius 1 is 1.04 bits per heavy atom. The molecule has 0 aliphatic rings. The summed E-state index contributed by atoms with van der Waals surface area (Å²) in [6.07, 6.45) is 1.04.